The maximum atomic E-state index is 6.19. The Kier molecular flexibility index (Phi) is 3.58. The Bertz CT molecular complexity index is 537. The van der Waals surface area contributed by atoms with Crippen LogP contribution in [-0.4, -0.2) is 17.1 Å². The largest absolute Gasteiger partial charge is 0.497 e. The van der Waals surface area contributed by atoms with Crippen LogP contribution in [0.1, 0.15) is 28.6 Å². The molecule has 0 aliphatic carbocycles. The van der Waals surface area contributed by atoms with Gasteiger partial charge in [-0.05, 0) is 42.7 Å². The molecule has 2 aromatic rings. The highest BCUT2D eigenvalue weighted by molar-refractivity contribution is 5.38. The van der Waals surface area contributed by atoms with Crippen LogP contribution in [0.15, 0.2) is 30.6 Å². The third-order valence-corrected chi connectivity index (χ3v) is 2.89. The van der Waals surface area contributed by atoms with Gasteiger partial charge in [0.05, 0.1) is 13.2 Å². The molecule has 4 heteroatoms. The highest BCUT2D eigenvalue weighted by Crippen LogP contribution is 2.23. The molecule has 0 fully saturated rings. The predicted octanol–water partition coefficient (Wildman–Crippen LogP) is 2.15. The Hall–Kier alpha value is -1.94. The molecule has 94 valence electrons. The van der Waals surface area contributed by atoms with Crippen molar-refractivity contribution < 1.29 is 4.74 Å². The molecule has 0 spiro atoms. The van der Waals surface area contributed by atoms with Crippen molar-refractivity contribution in [3.8, 4) is 5.75 Å². The Morgan fingerprint density at radius 1 is 1.17 bits per heavy atom. The zero-order chi connectivity index (χ0) is 13.1. The normalized spacial score (nSPS) is 12.2. The van der Waals surface area contributed by atoms with Crippen LogP contribution in [0.2, 0.25) is 0 Å². The number of ether oxygens (including phenoxy) is 1. The average molecular weight is 243 g/mol. The fourth-order valence-corrected chi connectivity index (χ4v) is 1.83. The lowest BCUT2D eigenvalue weighted by Gasteiger charge is -2.14. The van der Waals surface area contributed by atoms with E-state index in [0.717, 1.165) is 22.4 Å². The van der Waals surface area contributed by atoms with Crippen LogP contribution in [-0.2, 0) is 0 Å². The van der Waals surface area contributed by atoms with Gasteiger partial charge in [-0.25, -0.2) is 9.97 Å². The number of rotatable bonds is 3. The minimum atomic E-state index is -0.309. The summed E-state index contributed by atoms with van der Waals surface area (Å²) < 4.78 is 5.18. The lowest BCUT2D eigenvalue weighted by Crippen LogP contribution is -2.16. The summed E-state index contributed by atoms with van der Waals surface area (Å²) in [6, 6.07) is 5.51. The molecule has 2 N–H and O–H groups in total. The highest BCUT2D eigenvalue weighted by atomic mass is 16.5. The smallest absolute Gasteiger partial charge is 0.149 e. The van der Waals surface area contributed by atoms with Gasteiger partial charge in [0.15, 0.2) is 0 Å². The van der Waals surface area contributed by atoms with Crippen molar-refractivity contribution in [1.82, 2.24) is 9.97 Å². The van der Waals surface area contributed by atoms with Gasteiger partial charge < -0.3 is 10.5 Å². The van der Waals surface area contributed by atoms with Crippen molar-refractivity contribution in [3.05, 3.63) is 53.1 Å². The number of hydrogen-bond acceptors (Lipinski definition) is 4. The maximum Gasteiger partial charge on any atom is 0.149 e. The van der Waals surface area contributed by atoms with Gasteiger partial charge in [-0.1, -0.05) is 6.07 Å². The van der Waals surface area contributed by atoms with Crippen molar-refractivity contribution >= 4 is 0 Å². The van der Waals surface area contributed by atoms with E-state index in [1.165, 1.54) is 0 Å². The second-order valence-electron chi connectivity index (χ2n) is 4.32. The molecule has 1 aromatic carbocycles. The molecule has 1 atom stereocenters. The molecule has 4 nitrogen and oxygen atoms in total. The molecule has 18 heavy (non-hydrogen) atoms. The van der Waals surface area contributed by atoms with Gasteiger partial charge in [0.2, 0.25) is 0 Å². The van der Waals surface area contributed by atoms with Gasteiger partial charge in [-0.3, -0.25) is 0 Å². The van der Waals surface area contributed by atoms with Crippen molar-refractivity contribution in [2.75, 3.05) is 7.11 Å². The first kappa shape index (κ1) is 12.5. The molecule has 0 bridgehead atoms. The van der Waals surface area contributed by atoms with Gasteiger partial charge in [0.1, 0.15) is 11.6 Å². The lowest BCUT2D eigenvalue weighted by molar-refractivity contribution is 0.414. The van der Waals surface area contributed by atoms with E-state index in [0.29, 0.717) is 5.82 Å². The van der Waals surface area contributed by atoms with Crippen molar-refractivity contribution in [2.24, 2.45) is 5.73 Å². The first-order valence-electron chi connectivity index (χ1n) is 5.80. The number of methoxy groups -OCH3 is 1. The summed E-state index contributed by atoms with van der Waals surface area (Å²) in [5.74, 6) is 1.46. The van der Waals surface area contributed by atoms with E-state index in [-0.39, 0.29) is 6.04 Å². The van der Waals surface area contributed by atoms with Crippen LogP contribution in [0, 0.1) is 13.8 Å². The molecule has 0 saturated heterocycles. The first-order chi connectivity index (χ1) is 8.61. The fraction of sp³-hybridized carbons (Fsp3) is 0.286. The van der Waals surface area contributed by atoms with Crippen molar-refractivity contribution in [2.45, 2.75) is 19.9 Å². The zero-order valence-corrected chi connectivity index (χ0v) is 10.8. The third-order valence-electron chi connectivity index (χ3n) is 2.89. The van der Waals surface area contributed by atoms with Crippen LogP contribution >= 0.6 is 0 Å². The number of hydrogen-bond donors (Lipinski definition) is 1. The summed E-state index contributed by atoms with van der Waals surface area (Å²) in [5, 5.41) is 0. The summed E-state index contributed by atoms with van der Waals surface area (Å²) >= 11 is 0. The van der Waals surface area contributed by atoms with E-state index >= 15 is 0 Å². The molecule has 0 aliphatic rings. The predicted molar refractivity (Wildman–Crippen MR) is 70.5 cm³/mol. The van der Waals surface area contributed by atoms with Crippen LogP contribution in [0.4, 0.5) is 0 Å². The number of aromatic nitrogens is 2. The van der Waals surface area contributed by atoms with Gasteiger partial charge in [0, 0.05) is 12.4 Å². The monoisotopic (exact) mass is 243 g/mol. The molecule has 0 aliphatic heterocycles. The summed E-state index contributed by atoms with van der Waals surface area (Å²) in [7, 11) is 1.65. The maximum absolute atomic E-state index is 6.19. The Balaban J connectivity index is 2.33. The SMILES string of the molecule is COc1ccc(C(N)c2ncc(C)cn2)c(C)c1. The van der Waals surface area contributed by atoms with Gasteiger partial charge in [-0.2, -0.15) is 0 Å². The van der Waals surface area contributed by atoms with E-state index in [9.17, 15) is 0 Å². The quantitative estimate of drug-likeness (QED) is 0.897. The van der Waals surface area contributed by atoms with Crippen LogP contribution in [0.3, 0.4) is 0 Å². The second-order valence-corrected chi connectivity index (χ2v) is 4.32. The van der Waals surface area contributed by atoms with Gasteiger partial charge >= 0.3 is 0 Å². The average Bonchev–Trinajstić information content (AvgIpc) is 2.38. The van der Waals surface area contributed by atoms with E-state index < -0.39 is 0 Å². The summed E-state index contributed by atoms with van der Waals surface area (Å²) in [5.41, 5.74) is 9.31. The molecule has 1 unspecified atom stereocenters. The lowest BCUT2D eigenvalue weighted by atomic mass is 10.0. The molecule has 1 heterocycles. The number of benzene rings is 1. The summed E-state index contributed by atoms with van der Waals surface area (Å²) in [6.45, 7) is 3.96. The Morgan fingerprint density at radius 3 is 2.39 bits per heavy atom. The van der Waals surface area contributed by atoms with Crippen LogP contribution in [0.5, 0.6) is 5.75 Å². The topological polar surface area (TPSA) is 61.0 Å². The Morgan fingerprint density at radius 2 is 1.83 bits per heavy atom. The first-order valence-corrected chi connectivity index (χ1v) is 5.80. The minimum absolute atomic E-state index is 0.309. The third kappa shape index (κ3) is 2.49. The molecule has 0 radical (unpaired) electrons. The second kappa shape index (κ2) is 5.14. The summed E-state index contributed by atoms with van der Waals surface area (Å²) in [6.07, 6.45) is 3.56. The molecule has 2 rings (SSSR count). The van der Waals surface area contributed by atoms with Crippen LogP contribution < -0.4 is 10.5 Å². The molecule has 0 amide bonds. The van der Waals surface area contributed by atoms with E-state index in [1.807, 2.05) is 32.0 Å². The molecular formula is C14H17N3O. The van der Waals surface area contributed by atoms with Crippen LogP contribution in [0.25, 0.3) is 0 Å². The Labute approximate surface area is 107 Å². The number of aryl methyl sites for hydroxylation is 2. The standard InChI is InChI=1S/C14H17N3O/c1-9-7-16-14(17-8-9)13(15)12-5-4-11(18-3)6-10(12)2/h4-8,13H,15H2,1-3H3. The highest BCUT2D eigenvalue weighted by Gasteiger charge is 2.14. The molecule has 0 saturated carbocycles. The van der Waals surface area contributed by atoms with Gasteiger partial charge in [0.25, 0.3) is 0 Å². The zero-order valence-electron chi connectivity index (χ0n) is 10.8. The fourth-order valence-electron chi connectivity index (χ4n) is 1.83. The van der Waals surface area contributed by atoms with E-state index in [2.05, 4.69) is 9.97 Å². The van der Waals surface area contributed by atoms with Crippen molar-refractivity contribution in [1.29, 1.82) is 0 Å². The van der Waals surface area contributed by atoms with E-state index in [4.69, 9.17) is 10.5 Å². The van der Waals surface area contributed by atoms with Crippen molar-refractivity contribution in [3.63, 3.8) is 0 Å². The van der Waals surface area contributed by atoms with E-state index in [1.54, 1.807) is 19.5 Å². The number of nitrogens with two attached hydrogens (primary N) is 1. The van der Waals surface area contributed by atoms with Gasteiger partial charge in [-0.15, -0.1) is 0 Å². The summed E-state index contributed by atoms with van der Waals surface area (Å²) in [4.78, 5) is 8.54. The minimum Gasteiger partial charge on any atom is -0.497 e. The molecular weight excluding hydrogens is 226 g/mol. The number of nitrogens with zero attached hydrogens (tertiary/aromatic N) is 2. The molecule has 1 aromatic heterocycles.